The van der Waals surface area contributed by atoms with E-state index in [0.717, 1.165) is 25.2 Å². The Labute approximate surface area is 111 Å². The van der Waals surface area contributed by atoms with Crippen LogP contribution in [-0.2, 0) is 0 Å². The topological polar surface area (TPSA) is 59.0 Å². The molecule has 1 atom stereocenters. The van der Waals surface area contributed by atoms with E-state index in [1.807, 2.05) is 30.3 Å². The largest absolute Gasteiger partial charge is 0.347 e. The maximum absolute atomic E-state index is 12.0. The van der Waals surface area contributed by atoms with E-state index in [2.05, 4.69) is 15.7 Å². The Bertz CT molecular complexity index is 558. The highest BCUT2D eigenvalue weighted by atomic mass is 16.2. The highest BCUT2D eigenvalue weighted by molar-refractivity contribution is 5.92. The van der Waals surface area contributed by atoms with Gasteiger partial charge in [0, 0.05) is 18.8 Å². The van der Waals surface area contributed by atoms with Gasteiger partial charge >= 0.3 is 0 Å². The number of amides is 1. The molecule has 2 N–H and O–H groups in total. The van der Waals surface area contributed by atoms with E-state index in [4.69, 9.17) is 0 Å². The number of aromatic nitrogens is 2. The second kappa shape index (κ2) is 5.24. The Balaban J connectivity index is 1.72. The highest BCUT2D eigenvalue weighted by Gasteiger charge is 2.18. The summed E-state index contributed by atoms with van der Waals surface area (Å²) in [6, 6.07) is 11.7. The fraction of sp³-hybridized carbons (Fsp3) is 0.286. The Hall–Kier alpha value is -2.14. The molecule has 0 saturated carbocycles. The van der Waals surface area contributed by atoms with Gasteiger partial charge in [0.05, 0.1) is 5.69 Å². The van der Waals surface area contributed by atoms with Crippen LogP contribution in [-0.4, -0.2) is 34.8 Å². The molecule has 1 unspecified atom stereocenters. The molecule has 0 spiro atoms. The number of carbonyl (C=O) groups excluding carboxylic acids is 1. The molecule has 3 rings (SSSR count). The third kappa shape index (κ3) is 2.66. The lowest BCUT2D eigenvalue weighted by atomic mass is 10.2. The van der Waals surface area contributed by atoms with Gasteiger partial charge in [-0.25, -0.2) is 4.68 Å². The Kier molecular flexibility index (Phi) is 3.29. The molecular weight excluding hydrogens is 240 g/mol. The number of hydrogen-bond acceptors (Lipinski definition) is 3. The summed E-state index contributed by atoms with van der Waals surface area (Å²) in [7, 11) is 0. The second-order valence-corrected chi connectivity index (χ2v) is 4.64. The van der Waals surface area contributed by atoms with E-state index in [1.165, 1.54) is 0 Å². The van der Waals surface area contributed by atoms with Crippen molar-refractivity contribution in [1.29, 1.82) is 0 Å². The molecule has 0 bridgehead atoms. The number of para-hydroxylation sites is 1. The van der Waals surface area contributed by atoms with Crippen molar-refractivity contribution in [1.82, 2.24) is 20.4 Å². The average molecular weight is 256 g/mol. The normalized spacial score (nSPS) is 18.4. The molecule has 2 aromatic rings. The highest BCUT2D eigenvalue weighted by Crippen LogP contribution is 2.07. The average Bonchev–Trinajstić information content (AvgIpc) is 3.10. The molecule has 5 nitrogen and oxygen atoms in total. The van der Waals surface area contributed by atoms with Crippen molar-refractivity contribution < 1.29 is 4.79 Å². The second-order valence-electron chi connectivity index (χ2n) is 4.64. The van der Waals surface area contributed by atoms with Crippen LogP contribution in [0.2, 0.25) is 0 Å². The van der Waals surface area contributed by atoms with Crippen LogP contribution in [0, 0.1) is 0 Å². The van der Waals surface area contributed by atoms with Crippen LogP contribution in [0.3, 0.4) is 0 Å². The predicted molar refractivity (Wildman–Crippen MR) is 72.3 cm³/mol. The van der Waals surface area contributed by atoms with E-state index in [9.17, 15) is 4.79 Å². The summed E-state index contributed by atoms with van der Waals surface area (Å²) >= 11 is 0. The lowest BCUT2D eigenvalue weighted by Gasteiger charge is -2.09. The minimum atomic E-state index is -0.108. The summed E-state index contributed by atoms with van der Waals surface area (Å²) in [5, 5.41) is 10.5. The molecule has 19 heavy (non-hydrogen) atoms. The molecule has 1 aromatic carbocycles. The molecule has 1 aliphatic rings. The molecule has 2 heterocycles. The van der Waals surface area contributed by atoms with Gasteiger partial charge in [-0.3, -0.25) is 4.79 Å². The van der Waals surface area contributed by atoms with Gasteiger partial charge in [-0.1, -0.05) is 18.2 Å². The van der Waals surface area contributed by atoms with E-state index >= 15 is 0 Å². The summed E-state index contributed by atoms with van der Waals surface area (Å²) in [6.45, 7) is 1.80. The standard InChI is InChI=1S/C14H16N4O/c19-14(16-11-6-8-15-10-11)13-7-9-18(17-13)12-4-2-1-3-5-12/h1-5,7,9,11,15H,6,8,10H2,(H,16,19). The number of benzene rings is 1. The lowest BCUT2D eigenvalue weighted by Crippen LogP contribution is -2.36. The van der Waals surface area contributed by atoms with Gasteiger partial charge in [-0.15, -0.1) is 0 Å². The quantitative estimate of drug-likeness (QED) is 0.860. The molecule has 1 amide bonds. The van der Waals surface area contributed by atoms with E-state index < -0.39 is 0 Å². The number of hydrogen-bond donors (Lipinski definition) is 2. The SMILES string of the molecule is O=C(NC1CCNC1)c1ccn(-c2ccccc2)n1. The first-order chi connectivity index (χ1) is 9.33. The van der Waals surface area contributed by atoms with Crippen LogP contribution in [0.5, 0.6) is 0 Å². The Morgan fingerprint density at radius 3 is 2.89 bits per heavy atom. The summed E-state index contributed by atoms with van der Waals surface area (Å²) in [5.74, 6) is -0.108. The van der Waals surface area contributed by atoms with Crippen LogP contribution in [0.15, 0.2) is 42.6 Å². The molecule has 1 fully saturated rings. The summed E-state index contributed by atoms with van der Waals surface area (Å²) < 4.78 is 1.71. The summed E-state index contributed by atoms with van der Waals surface area (Å²) in [4.78, 5) is 12.0. The lowest BCUT2D eigenvalue weighted by molar-refractivity contribution is 0.0934. The van der Waals surface area contributed by atoms with Crippen LogP contribution in [0.4, 0.5) is 0 Å². The fourth-order valence-corrected chi connectivity index (χ4v) is 2.21. The van der Waals surface area contributed by atoms with E-state index in [-0.39, 0.29) is 11.9 Å². The first-order valence-corrected chi connectivity index (χ1v) is 6.45. The van der Waals surface area contributed by atoms with Crippen molar-refractivity contribution in [2.24, 2.45) is 0 Å². The van der Waals surface area contributed by atoms with Crippen LogP contribution in [0.1, 0.15) is 16.9 Å². The Morgan fingerprint density at radius 1 is 1.32 bits per heavy atom. The molecule has 0 radical (unpaired) electrons. The molecule has 0 aliphatic carbocycles. The summed E-state index contributed by atoms with van der Waals surface area (Å²) in [6.07, 6.45) is 2.78. The molecule has 5 heteroatoms. The van der Waals surface area contributed by atoms with E-state index in [0.29, 0.717) is 5.69 Å². The van der Waals surface area contributed by atoms with Crippen LogP contribution >= 0.6 is 0 Å². The molecular formula is C14H16N4O. The van der Waals surface area contributed by atoms with Crippen molar-refractivity contribution in [3.63, 3.8) is 0 Å². The number of nitrogens with one attached hydrogen (secondary N) is 2. The number of rotatable bonds is 3. The van der Waals surface area contributed by atoms with Crippen LogP contribution in [0.25, 0.3) is 5.69 Å². The van der Waals surface area contributed by atoms with Crippen LogP contribution < -0.4 is 10.6 Å². The maximum Gasteiger partial charge on any atom is 0.272 e. The molecule has 1 saturated heterocycles. The van der Waals surface area contributed by atoms with Crippen molar-refractivity contribution in [2.45, 2.75) is 12.5 Å². The maximum atomic E-state index is 12.0. The number of nitrogens with zero attached hydrogens (tertiary/aromatic N) is 2. The molecule has 1 aliphatic heterocycles. The third-order valence-corrected chi connectivity index (χ3v) is 3.24. The predicted octanol–water partition coefficient (Wildman–Crippen LogP) is 0.964. The number of carbonyl (C=O) groups is 1. The zero-order valence-corrected chi connectivity index (χ0v) is 10.5. The van der Waals surface area contributed by atoms with Gasteiger partial charge < -0.3 is 10.6 Å². The molecule has 98 valence electrons. The fourth-order valence-electron chi connectivity index (χ4n) is 2.21. The third-order valence-electron chi connectivity index (χ3n) is 3.24. The Morgan fingerprint density at radius 2 is 2.16 bits per heavy atom. The van der Waals surface area contributed by atoms with Crippen molar-refractivity contribution in [3.05, 3.63) is 48.3 Å². The van der Waals surface area contributed by atoms with E-state index in [1.54, 1.807) is 16.9 Å². The summed E-state index contributed by atoms with van der Waals surface area (Å²) in [5.41, 5.74) is 1.40. The van der Waals surface area contributed by atoms with Gasteiger partial charge in [0.2, 0.25) is 0 Å². The first-order valence-electron chi connectivity index (χ1n) is 6.45. The zero-order chi connectivity index (χ0) is 13.1. The van der Waals surface area contributed by atoms with Gasteiger partial charge in [0.25, 0.3) is 5.91 Å². The van der Waals surface area contributed by atoms with Gasteiger partial charge in [0.15, 0.2) is 5.69 Å². The zero-order valence-electron chi connectivity index (χ0n) is 10.5. The van der Waals surface area contributed by atoms with Crippen molar-refractivity contribution in [2.75, 3.05) is 13.1 Å². The minimum absolute atomic E-state index is 0.108. The van der Waals surface area contributed by atoms with Gasteiger partial charge in [0.1, 0.15) is 0 Å². The van der Waals surface area contributed by atoms with Gasteiger partial charge in [-0.05, 0) is 31.2 Å². The monoisotopic (exact) mass is 256 g/mol. The van der Waals surface area contributed by atoms with Gasteiger partial charge in [-0.2, -0.15) is 5.10 Å². The minimum Gasteiger partial charge on any atom is -0.347 e. The molecule has 1 aromatic heterocycles. The first kappa shape index (κ1) is 11.9. The smallest absolute Gasteiger partial charge is 0.272 e. The van der Waals surface area contributed by atoms with Crippen molar-refractivity contribution >= 4 is 5.91 Å². The van der Waals surface area contributed by atoms with Crippen molar-refractivity contribution in [3.8, 4) is 5.69 Å².